The van der Waals surface area contributed by atoms with Crippen LogP contribution in [0.3, 0.4) is 0 Å². The lowest BCUT2D eigenvalue weighted by Crippen LogP contribution is -2.27. The van der Waals surface area contributed by atoms with Crippen LogP contribution in [0.4, 0.5) is 0 Å². The maximum Gasteiger partial charge on any atom is 0.357 e. The van der Waals surface area contributed by atoms with Crippen molar-refractivity contribution in [3.05, 3.63) is 35.4 Å². The second-order valence-corrected chi connectivity index (χ2v) is 4.74. The van der Waals surface area contributed by atoms with Gasteiger partial charge in [0.15, 0.2) is 5.69 Å². The number of aromatic nitrogens is 4. The van der Waals surface area contributed by atoms with Gasteiger partial charge in [-0.1, -0.05) is 0 Å². The molecule has 2 heterocycles. The summed E-state index contributed by atoms with van der Waals surface area (Å²) in [6, 6.07) is 0. The summed E-state index contributed by atoms with van der Waals surface area (Å²) in [6.07, 6.45) is 4.96. The first kappa shape index (κ1) is 14.8. The van der Waals surface area contributed by atoms with Crippen molar-refractivity contribution in [2.45, 2.75) is 20.0 Å². The normalized spacial score (nSPS) is 10.6. The standard InChI is InChI=1S/C13H17N5O3/c1-4-18-7-9(5-14-18)6-16(2)12(19)10-8-17(3)15-11(10)13(20)21/h5,7-8H,4,6H2,1-3H3,(H,20,21). The third-order valence-corrected chi connectivity index (χ3v) is 3.04. The number of amides is 1. The molecule has 2 rings (SSSR count). The van der Waals surface area contributed by atoms with Gasteiger partial charge in [0.25, 0.3) is 5.91 Å². The van der Waals surface area contributed by atoms with E-state index in [1.54, 1.807) is 25.0 Å². The number of carboxylic acid groups (broad SMARTS) is 1. The van der Waals surface area contributed by atoms with Crippen LogP contribution in [0.15, 0.2) is 18.6 Å². The van der Waals surface area contributed by atoms with Gasteiger partial charge in [0, 0.05) is 45.1 Å². The number of aryl methyl sites for hydroxylation is 2. The van der Waals surface area contributed by atoms with Crippen LogP contribution in [0.5, 0.6) is 0 Å². The van der Waals surface area contributed by atoms with Crippen LogP contribution >= 0.6 is 0 Å². The average Bonchev–Trinajstić information content (AvgIpc) is 3.04. The molecule has 21 heavy (non-hydrogen) atoms. The number of carbonyl (C=O) groups is 2. The highest BCUT2D eigenvalue weighted by molar-refractivity contribution is 6.03. The van der Waals surface area contributed by atoms with Crippen LogP contribution in [-0.4, -0.2) is 48.5 Å². The Morgan fingerprint density at radius 1 is 1.38 bits per heavy atom. The van der Waals surface area contributed by atoms with E-state index in [1.807, 2.05) is 13.1 Å². The van der Waals surface area contributed by atoms with Crippen molar-refractivity contribution in [2.75, 3.05) is 7.05 Å². The minimum absolute atomic E-state index is 0.0791. The minimum Gasteiger partial charge on any atom is -0.476 e. The molecule has 112 valence electrons. The summed E-state index contributed by atoms with van der Waals surface area (Å²) in [5.41, 5.74) is 0.724. The van der Waals surface area contributed by atoms with E-state index >= 15 is 0 Å². The van der Waals surface area contributed by atoms with Crippen molar-refractivity contribution in [3.63, 3.8) is 0 Å². The predicted octanol–water partition coefficient (Wildman–Crippen LogP) is 0.607. The molecule has 0 aliphatic rings. The van der Waals surface area contributed by atoms with Gasteiger partial charge in [0.05, 0.1) is 11.8 Å². The summed E-state index contributed by atoms with van der Waals surface area (Å²) in [4.78, 5) is 24.9. The van der Waals surface area contributed by atoms with Crippen molar-refractivity contribution < 1.29 is 14.7 Å². The zero-order chi connectivity index (χ0) is 15.6. The Hall–Kier alpha value is -2.64. The molecule has 0 aromatic carbocycles. The Kier molecular flexibility index (Phi) is 4.06. The smallest absolute Gasteiger partial charge is 0.357 e. The van der Waals surface area contributed by atoms with Gasteiger partial charge in [-0.3, -0.25) is 14.2 Å². The van der Waals surface area contributed by atoms with Gasteiger partial charge in [-0.05, 0) is 6.92 Å². The molecule has 0 aliphatic carbocycles. The number of carboxylic acids is 1. The average molecular weight is 291 g/mol. The van der Waals surface area contributed by atoms with Crippen LogP contribution in [0.1, 0.15) is 33.3 Å². The number of carbonyl (C=O) groups excluding carboxylic acids is 1. The molecule has 0 saturated carbocycles. The van der Waals surface area contributed by atoms with E-state index in [1.165, 1.54) is 15.8 Å². The molecule has 0 aliphatic heterocycles. The Morgan fingerprint density at radius 3 is 2.67 bits per heavy atom. The van der Waals surface area contributed by atoms with E-state index in [0.717, 1.165) is 12.1 Å². The van der Waals surface area contributed by atoms with Crippen LogP contribution in [0.25, 0.3) is 0 Å². The summed E-state index contributed by atoms with van der Waals surface area (Å²) in [5, 5.41) is 17.0. The van der Waals surface area contributed by atoms with E-state index < -0.39 is 5.97 Å². The van der Waals surface area contributed by atoms with Crippen LogP contribution in [0.2, 0.25) is 0 Å². The lowest BCUT2D eigenvalue weighted by molar-refractivity contribution is 0.0674. The second kappa shape index (κ2) is 5.78. The Labute approximate surface area is 121 Å². The van der Waals surface area contributed by atoms with E-state index in [0.29, 0.717) is 6.54 Å². The first-order valence-corrected chi connectivity index (χ1v) is 6.46. The van der Waals surface area contributed by atoms with Gasteiger partial charge in [0.1, 0.15) is 0 Å². The molecule has 2 aromatic rings. The fourth-order valence-electron chi connectivity index (χ4n) is 2.02. The first-order valence-electron chi connectivity index (χ1n) is 6.46. The Morgan fingerprint density at radius 2 is 2.10 bits per heavy atom. The molecule has 0 atom stereocenters. The molecule has 1 amide bonds. The van der Waals surface area contributed by atoms with Crippen molar-refractivity contribution >= 4 is 11.9 Å². The molecule has 0 fully saturated rings. The zero-order valence-corrected chi connectivity index (χ0v) is 12.1. The molecular formula is C13H17N5O3. The van der Waals surface area contributed by atoms with Crippen LogP contribution in [-0.2, 0) is 20.1 Å². The van der Waals surface area contributed by atoms with E-state index in [4.69, 9.17) is 5.11 Å². The fraction of sp³-hybridized carbons (Fsp3) is 0.385. The lowest BCUT2D eigenvalue weighted by atomic mass is 10.2. The first-order chi connectivity index (χ1) is 9.92. The van der Waals surface area contributed by atoms with Gasteiger partial charge in [-0.15, -0.1) is 0 Å². The molecule has 1 N–H and O–H groups in total. The maximum absolute atomic E-state index is 12.3. The maximum atomic E-state index is 12.3. The Bertz CT molecular complexity index is 673. The SMILES string of the molecule is CCn1cc(CN(C)C(=O)c2cn(C)nc2C(=O)O)cn1. The quantitative estimate of drug-likeness (QED) is 0.871. The molecule has 0 unspecified atom stereocenters. The van der Waals surface area contributed by atoms with Gasteiger partial charge in [0.2, 0.25) is 0 Å². The highest BCUT2D eigenvalue weighted by Crippen LogP contribution is 2.12. The summed E-state index contributed by atoms with van der Waals surface area (Å²) in [6.45, 7) is 3.08. The van der Waals surface area contributed by atoms with E-state index in [-0.39, 0.29) is 17.2 Å². The van der Waals surface area contributed by atoms with Gasteiger partial charge in [-0.2, -0.15) is 10.2 Å². The summed E-state index contributed by atoms with van der Waals surface area (Å²) in [7, 11) is 3.19. The number of aromatic carboxylic acids is 1. The van der Waals surface area contributed by atoms with Gasteiger partial charge >= 0.3 is 5.97 Å². The molecule has 0 bridgehead atoms. The molecule has 0 saturated heterocycles. The molecular weight excluding hydrogens is 274 g/mol. The van der Waals surface area contributed by atoms with E-state index in [2.05, 4.69) is 10.2 Å². The monoisotopic (exact) mass is 291 g/mol. The number of hydrogen-bond donors (Lipinski definition) is 1. The highest BCUT2D eigenvalue weighted by Gasteiger charge is 2.23. The zero-order valence-electron chi connectivity index (χ0n) is 12.1. The van der Waals surface area contributed by atoms with Crippen LogP contribution < -0.4 is 0 Å². The largest absolute Gasteiger partial charge is 0.476 e. The highest BCUT2D eigenvalue weighted by atomic mass is 16.4. The third-order valence-electron chi connectivity index (χ3n) is 3.04. The second-order valence-electron chi connectivity index (χ2n) is 4.74. The van der Waals surface area contributed by atoms with Gasteiger partial charge < -0.3 is 10.0 Å². The fourth-order valence-corrected chi connectivity index (χ4v) is 2.02. The number of rotatable bonds is 5. The Balaban J connectivity index is 2.17. The molecule has 0 radical (unpaired) electrons. The van der Waals surface area contributed by atoms with Crippen LogP contribution in [0, 0.1) is 0 Å². The predicted molar refractivity (Wildman–Crippen MR) is 73.9 cm³/mol. The summed E-state index contributed by atoms with van der Waals surface area (Å²) < 4.78 is 3.08. The van der Waals surface area contributed by atoms with Gasteiger partial charge in [-0.25, -0.2) is 4.79 Å². The summed E-state index contributed by atoms with van der Waals surface area (Å²) in [5.74, 6) is -1.60. The molecule has 0 spiro atoms. The number of hydrogen-bond acceptors (Lipinski definition) is 4. The van der Waals surface area contributed by atoms with Crippen molar-refractivity contribution in [1.29, 1.82) is 0 Å². The lowest BCUT2D eigenvalue weighted by Gasteiger charge is -2.15. The van der Waals surface area contributed by atoms with E-state index in [9.17, 15) is 9.59 Å². The summed E-state index contributed by atoms with van der Waals surface area (Å²) >= 11 is 0. The topological polar surface area (TPSA) is 93.2 Å². The molecule has 8 heteroatoms. The van der Waals surface area contributed by atoms with Crippen molar-refractivity contribution in [1.82, 2.24) is 24.5 Å². The minimum atomic E-state index is -1.22. The molecule has 2 aromatic heterocycles. The number of nitrogens with zero attached hydrogens (tertiary/aromatic N) is 5. The molecule has 8 nitrogen and oxygen atoms in total. The third kappa shape index (κ3) is 3.10. The van der Waals surface area contributed by atoms with Crippen molar-refractivity contribution in [3.8, 4) is 0 Å². The van der Waals surface area contributed by atoms with Crippen molar-refractivity contribution in [2.24, 2.45) is 7.05 Å².